The summed E-state index contributed by atoms with van der Waals surface area (Å²) in [5.74, 6) is 1.90. The molecule has 7 atom stereocenters. The first-order valence-corrected chi connectivity index (χ1v) is 10.4. The molecule has 1 N–H and O–H groups in total. The highest BCUT2D eigenvalue weighted by molar-refractivity contribution is 5.89. The Balaban J connectivity index is 1.58. The standard InChI is InChI=1S/C22H31N3O2/c1-21-11-8-16-14(15(21)5-6-17(21)24-19(26)10-13-23)4-7-18-22(16,2)12-9-20(27)25(18)3/h9,12,14-18H,4-8,10-11H2,1-3H3,(H,24,26)/t14-,15-,16-,17-,18+,21-,22+/m0/s1. The van der Waals surface area contributed by atoms with Crippen molar-refractivity contribution in [3.8, 4) is 6.07 Å². The van der Waals surface area contributed by atoms with Crippen LogP contribution in [0.25, 0.3) is 0 Å². The van der Waals surface area contributed by atoms with Gasteiger partial charge < -0.3 is 10.2 Å². The van der Waals surface area contributed by atoms with Gasteiger partial charge in [0, 0.05) is 24.5 Å². The first-order chi connectivity index (χ1) is 12.8. The lowest BCUT2D eigenvalue weighted by Crippen LogP contribution is -2.60. The number of likely N-dealkylation sites (N-methyl/N-ethyl adjacent to an activating group) is 1. The van der Waals surface area contributed by atoms with Crippen LogP contribution in [0.2, 0.25) is 0 Å². The number of amides is 2. The van der Waals surface area contributed by atoms with Gasteiger partial charge >= 0.3 is 0 Å². The zero-order valence-corrected chi connectivity index (χ0v) is 16.7. The Hall–Kier alpha value is -1.83. The van der Waals surface area contributed by atoms with Crippen molar-refractivity contribution < 1.29 is 9.59 Å². The van der Waals surface area contributed by atoms with Gasteiger partial charge in [-0.25, -0.2) is 0 Å². The maximum atomic E-state index is 12.2. The Morgan fingerprint density at radius 3 is 2.78 bits per heavy atom. The van der Waals surface area contributed by atoms with E-state index in [1.54, 1.807) is 6.08 Å². The minimum absolute atomic E-state index is 0.0474. The number of rotatable bonds is 2. The number of hydrogen-bond donors (Lipinski definition) is 1. The summed E-state index contributed by atoms with van der Waals surface area (Å²) in [4.78, 5) is 26.1. The zero-order chi connectivity index (χ0) is 19.4. The number of carbonyl (C=O) groups excluding carboxylic acids is 2. The van der Waals surface area contributed by atoms with E-state index in [9.17, 15) is 9.59 Å². The summed E-state index contributed by atoms with van der Waals surface area (Å²) in [6.45, 7) is 4.72. The van der Waals surface area contributed by atoms with Crippen LogP contribution in [0.5, 0.6) is 0 Å². The number of fused-ring (bicyclic) bond motifs is 5. The third kappa shape index (κ3) is 2.63. The van der Waals surface area contributed by atoms with Gasteiger partial charge in [-0.05, 0) is 67.8 Å². The zero-order valence-electron chi connectivity index (χ0n) is 16.7. The molecule has 4 aliphatic rings. The molecule has 0 aromatic rings. The molecule has 2 amide bonds. The molecule has 3 fully saturated rings. The third-order valence-electron chi connectivity index (χ3n) is 8.70. The molecule has 0 aromatic heterocycles. The molecule has 5 nitrogen and oxygen atoms in total. The van der Waals surface area contributed by atoms with Gasteiger partial charge in [0.05, 0.1) is 6.07 Å². The Labute approximate surface area is 162 Å². The fraction of sp³-hybridized carbons (Fsp3) is 0.773. The van der Waals surface area contributed by atoms with Crippen LogP contribution < -0.4 is 5.32 Å². The SMILES string of the molecule is CN1C(=O)C=C[C@]2(C)[C@H]3CC[C@]4(C)[C@@H](NC(=O)CC#N)CC[C@H]4[C@@H]3CC[C@@H]12. The van der Waals surface area contributed by atoms with Gasteiger partial charge in [0.2, 0.25) is 11.8 Å². The van der Waals surface area contributed by atoms with Gasteiger partial charge in [-0.3, -0.25) is 9.59 Å². The normalized spacial score (nSPS) is 45.5. The van der Waals surface area contributed by atoms with E-state index >= 15 is 0 Å². The largest absolute Gasteiger partial charge is 0.352 e. The van der Waals surface area contributed by atoms with Gasteiger partial charge in [-0.2, -0.15) is 5.26 Å². The number of hydrogen-bond acceptors (Lipinski definition) is 3. The van der Waals surface area contributed by atoms with Gasteiger partial charge in [0.1, 0.15) is 6.42 Å². The van der Waals surface area contributed by atoms with E-state index in [-0.39, 0.29) is 35.1 Å². The molecule has 1 aliphatic heterocycles. The van der Waals surface area contributed by atoms with Crippen molar-refractivity contribution in [1.29, 1.82) is 5.26 Å². The first kappa shape index (κ1) is 18.5. The molecule has 27 heavy (non-hydrogen) atoms. The summed E-state index contributed by atoms with van der Waals surface area (Å²) in [6.07, 6.45) is 10.6. The Morgan fingerprint density at radius 2 is 2.04 bits per heavy atom. The first-order valence-electron chi connectivity index (χ1n) is 10.4. The van der Waals surface area contributed by atoms with Crippen LogP contribution in [0.1, 0.15) is 58.8 Å². The van der Waals surface area contributed by atoms with Crippen LogP contribution in [0, 0.1) is 39.9 Å². The topological polar surface area (TPSA) is 73.2 Å². The quantitative estimate of drug-likeness (QED) is 0.813. The summed E-state index contributed by atoms with van der Waals surface area (Å²) in [6, 6.07) is 2.47. The molecule has 4 rings (SSSR count). The van der Waals surface area contributed by atoms with Crippen LogP contribution in [-0.2, 0) is 9.59 Å². The molecule has 3 saturated carbocycles. The van der Waals surface area contributed by atoms with Crippen molar-refractivity contribution in [3.05, 3.63) is 12.2 Å². The van der Waals surface area contributed by atoms with E-state index in [1.807, 2.05) is 18.0 Å². The lowest BCUT2D eigenvalue weighted by atomic mass is 9.48. The van der Waals surface area contributed by atoms with Crippen molar-refractivity contribution >= 4 is 11.8 Å². The lowest BCUT2D eigenvalue weighted by molar-refractivity contribution is -0.138. The molecular formula is C22H31N3O2. The average molecular weight is 370 g/mol. The van der Waals surface area contributed by atoms with E-state index in [4.69, 9.17) is 5.26 Å². The predicted molar refractivity (Wildman–Crippen MR) is 102 cm³/mol. The molecule has 0 spiro atoms. The fourth-order valence-corrected chi connectivity index (χ4v) is 7.29. The summed E-state index contributed by atoms with van der Waals surface area (Å²) >= 11 is 0. The summed E-state index contributed by atoms with van der Waals surface area (Å²) in [7, 11) is 1.96. The van der Waals surface area contributed by atoms with Crippen molar-refractivity contribution in [3.63, 3.8) is 0 Å². The molecule has 0 unspecified atom stereocenters. The van der Waals surface area contributed by atoms with E-state index in [0.717, 1.165) is 32.1 Å². The van der Waals surface area contributed by atoms with E-state index in [2.05, 4.69) is 25.2 Å². The van der Waals surface area contributed by atoms with Crippen molar-refractivity contribution in [2.45, 2.75) is 70.9 Å². The molecule has 0 radical (unpaired) electrons. The van der Waals surface area contributed by atoms with Crippen LogP contribution in [0.15, 0.2) is 12.2 Å². The Bertz CT molecular complexity index is 726. The summed E-state index contributed by atoms with van der Waals surface area (Å²) in [5, 5.41) is 12.0. The van der Waals surface area contributed by atoms with Crippen LogP contribution in [0.4, 0.5) is 0 Å². The van der Waals surface area contributed by atoms with Crippen molar-refractivity contribution in [2.24, 2.45) is 28.6 Å². The van der Waals surface area contributed by atoms with Gasteiger partial charge in [0.25, 0.3) is 0 Å². The highest BCUT2D eigenvalue weighted by atomic mass is 16.2. The molecule has 0 aromatic carbocycles. The summed E-state index contributed by atoms with van der Waals surface area (Å²) in [5.41, 5.74) is 0.199. The minimum atomic E-state index is -0.127. The second kappa shape index (κ2) is 6.36. The van der Waals surface area contributed by atoms with Crippen molar-refractivity contribution in [1.82, 2.24) is 10.2 Å². The molecule has 0 bridgehead atoms. The van der Waals surface area contributed by atoms with E-state index < -0.39 is 0 Å². The van der Waals surface area contributed by atoms with Gasteiger partial charge in [0.15, 0.2) is 0 Å². The number of nitriles is 1. The third-order valence-corrected chi connectivity index (χ3v) is 8.70. The molecule has 5 heteroatoms. The number of nitrogens with one attached hydrogen (secondary N) is 1. The highest BCUT2D eigenvalue weighted by Gasteiger charge is 2.60. The van der Waals surface area contributed by atoms with Crippen molar-refractivity contribution in [2.75, 3.05) is 7.05 Å². The monoisotopic (exact) mass is 369 g/mol. The minimum Gasteiger partial charge on any atom is -0.352 e. The number of nitrogens with zero attached hydrogens (tertiary/aromatic N) is 2. The molecular weight excluding hydrogens is 338 g/mol. The molecule has 1 heterocycles. The second-order valence-corrected chi connectivity index (χ2v) is 9.70. The maximum absolute atomic E-state index is 12.2. The van der Waals surface area contributed by atoms with Crippen LogP contribution in [0.3, 0.4) is 0 Å². The smallest absolute Gasteiger partial charge is 0.246 e. The van der Waals surface area contributed by atoms with E-state index in [0.29, 0.717) is 23.8 Å². The van der Waals surface area contributed by atoms with Crippen LogP contribution in [-0.4, -0.2) is 35.8 Å². The lowest BCUT2D eigenvalue weighted by Gasteiger charge is -2.60. The summed E-state index contributed by atoms with van der Waals surface area (Å²) < 4.78 is 0. The van der Waals surface area contributed by atoms with Crippen LogP contribution >= 0.6 is 0 Å². The molecule has 146 valence electrons. The predicted octanol–water partition coefficient (Wildman–Crippen LogP) is 3.02. The highest BCUT2D eigenvalue weighted by Crippen LogP contribution is 2.63. The second-order valence-electron chi connectivity index (χ2n) is 9.70. The number of carbonyl (C=O) groups is 2. The molecule has 3 aliphatic carbocycles. The Kier molecular flexibility index (Phi) is 4.36. The van der Waals surface area contributed by atoms with E-state index in [1.165, 1.54) is 6.42 Å². The maximum Gasteiger partial charge on any atom is 0.246 e. The average Bonchev–Trinajstić information content (AvgIpc) is 2.95. The van der Waals surface area contributed by atoms with Gasteiger partial charge in [-0.1, -0.05) is 19.9 Å². The van der Waals surface area contributed by atoms with Gasteiger partial charge in [-0.15, -0.1) is 0 Å². The Morgan fingerprint density at radius 1 is 1.26 bits per heavy atom. The molecule has 0 saturated heterocycles. The fourth-order valence-electron chi connectivity index (χ4n) is 7.29.